The normalized spacial score (nSPS) is 17.7. The van der Waals surface area contributed by atoms with Crippen LogP contribution in [-0.2, 0) is 23.1 Å². The van der Waals surface area contributed by atoms with Gasteiger partial charge in [0, 0.05) is 36.3 Å². The zero-order valence-corrected chi connectivity index (χ0v) is 20.3. The molecule has 0 spiro atoms. The summed E-state index contributed by atoms with van der Waals surface area (Å²) in [4.78, 5) is 27.6. The lowest BCUT2D eigenvalue weighted by Gasteiger charge is -2.31. The van der Waals surface area contributed by atoms with E-state index in [2.05, 4.69) is 4.90 Å². The van der Waals surface area contributed by atoms with E-state index in [1.807, 2.05) is 55.9 Å². The predicted molar refractivity (Wildman–Crippen MR) is 133 cm³/mol. The Kier molecular flexibility index (Phi) is 6.11. The molecule has 35 heavy (non-hydrogen) atoms. The van der Waals surface area contributed by atoms with Gasteiger partial charge in [-0.3, -0.25) is 14.5 Å². The number of phenolic OH excluding ortho intramolecular Hbond substituents is 1. The van der Waals surface area contributed by atoms with E-state index in [0.29, 0.717) is 61.5 Å². The summed E-state index contributed by atoms with van der Waals surface area (Å²) in [6.45, 7) is 5.88. The van der Waals surface area contributed by atoms with Crippen LogP contribution in [0.3, 0.4) is 0 Å². The maximum Gasteiger partial charge on any atom is 0.309 e. The number of aromatic hydroxyl groups is 1. The number of fused-ring (bicyclic) bond motifs is 2. The van der Waals surface area contributed by atoms with Crippen LogP contribution in [0.15, 0.2) is 42.3 Å². The molecule has 7 heteroatoms. The van der Waals surface area contributed by atoms with Crippen LogP contribution < -0.4 is 4.74 Å². The van der Waals surface area contributed by atoms with Crippen LogP contribution in [0.1, 0.15) is 46.8 Å². The fourth-order valence-electron chi connectivity index (χ4n) is 5.17. The van der Waals surface area contributed by atoms with Gasteiger partial charge in [0.1, 0.15) is 11.5 Å². The van der Waals surface area contributed by atoms with Crippen molar-refractivity contribution in [3.05, 3.63) is 64.5 Å². The van der Waals surface area contributed by atoms with Gasteiger partial charge in [0.25, 0.3) is 0 Å². The highest BCUT2D eigenvalue weighted by molar-refractivity contribution is 6.16. The summed E-state index contributed by atoms with van der Waals surface area (Å²) in [5.41, 5.74) is 3.78. The van der Waals surface area contributed by atoms with Gasteiger partial charge in [0.2, 0.25) is 5.78 Å². The molecule has 2 aliphatic heterocycles. The minimum atomic E-state index is -0.173. The summed E-state index contributed by atoms with van der Waals surface area (Å²) in [7, 11) is 1.97. The second kappa shape index (κ2) is 9.23. The van der Waals surface area contributed by atoms with Crippen molar-refractivity contribution < 1.29 is 24.2 Å². The van der Waals surface area contributed by atoms with Crippen molar-refractivity contribution in [1.29, 1.82) is 0 Å². The van der Waals surface area contributed by atoms with Gasteiger partial charge >= 0.3 is 5.97 Å². The maximum absolute atomic E-state index is 13.4. The summed E-state index contributed by atoms with van der Waals surface area (Å²) in [6.07, 6.45) is 5.19. The number of nitrogens with zero attached hydrogens (tertiary/aromatic N) is 2. The molecule has 1 saturated heterocycles. The number of piperidine rings is 1. The Labute approximate surface area is 204 Å². The van der Waals surface area contributed by atoms with Gasteiger partial charge in [-0.05, 0) is 63.6 Å². The molecule has 0 unspecified atom stereocenters. The third-order valence-corrected chi connectivity index (χ3v) is 7.02. The molecule has 0 amide bonds. The number of aryl methyl sites for hydroxylation is 2. The topological polar surface area (TPSA) is 81.0 Å². The molecule has 2 aliphatic rings. The second-order valence-corrected chi connectivity index (χ2v) is 9.35. The van der Waals surface area contributed by atoms with Crippen molar-refractivity contribution >= 4 is 28.7 Å². The first-order chi connectivity index (χ1) is 16.9. The van der Waals surface area contributed by atoms with Crippen LogP contribution in [0, 0.1) is 12.8 Å². The highest BCUT2D eigenvalue weighted by atomic mass is 16.5. The van der Waals surface area contributed by atoms with Crippen LogP contribution >= 0.6 is 0 Å². The monoisotopic (exact) mass is 474 g/mol. The number of allylic oxidation sites excluding steroid dienone is 1. The molecule has 0 atom stereocenters. The first kappa shape index (κ1) is 23.2. The Morgan fingerprint density at radius 1 is 1.26 bits per heavy atom. The number of ether oxygens (including phenoxy) is 2. The van der Waals surface area contributed by atoms with Crippen molar-refractivity contribution in [3.8, 4) is 11.5 Å². The molecular weight excluding hydrogens is 444 g/mol. The SMILES string of the molecule is CCOC(=O)C1CCN(Cc2c(O)cc(C)c3c2O/C(=C/c2cn(C)c4ccccc24)C3=O)CC1. The van der Waals surface area contributed by atoms with Crippen LogP contribution in [0.25, 0.3) is 17.0 Å². The van der Waals surface area contributed by atoms with Crippen molar-refractivity contribution in [2.45, 2.75) is 33.2 Å². The number of carbonyl (C=O) groups excluding carboxylic acids is 2. The highest BCUT2D eigenvalue weighted by Crippen LogP contribution is 2.43. The number of carbonyl (C=O) groups is 2. The summed E-state index contributed by atoms with van der Waals surface area (Å²) < 4.78 is 13.3. The number of Topliss-reactive ketones (excluding diaryl/α,β-unsaturated/α-hetero) is 1. The number of para-hydroxylation sites is 1. The number of rotatable bonds is 5. The van der Waals surface area contributed by atoms with Gasteiger partial charge in [-0.2, -0.15) is 0 Å². The van der Waals surface area contributed by atoms with E-state index in [1.54, 1.807) is 12.1 Å². The molecule has 3 aromatic rings. The highest BCUT2D eigenvalue weighted by Gasteiger charge is 2.35. The van der Waals surface area contributed by atoms with E-state index in [-0.39, 0.29) is 29.2 Å². The Balaban J connectivity index is 1.41. The van der Waals surface area contributed by atoms with Gasteiger partial charge in [0.05, 0.1) is 23.7 Å². The van der Waals surface area contributed by atoms with E-state index >= 15 is 0 Å². The molecule has 5 rings (SSSR count). The van der Waals surface area contributed by atoms with E-state index in [0.717, 1.165) is 16.5 Å². The Hall–Kier alpha value is -3.58. The fourth-order valence-corrected chi connectivity index (χ4v) is 5.17. The average Bonchev–Trinajstić information content (AvgIpc) is 3.34. The molecule has 1 N–H and O–H groups in total. The second-order valence-electron chi connectivity index (χ2n) is 9.35. The van der Waals surface area contributed by atoms with E-state index in [4.69, 9.17) is 9.47 Å². The molecule has 3 heterocycles. The van der Waals surface area contributed by atoms with Crippen LogP contribution in [0.4, 0.5) is 0 Å². The number of esters is 1. The minimum absolute atomic E-state index is 0.0865. The number of aromatic nitrogens is 1. The first-order valence-corrected chi connectivity index (χ1v) is 12.1. The lowest BCUT2D eigenvalue weighted by atomic mass is 9.95. The molecule has 182 valence electrons. The average molecular weight is 475 g/mol. The minimum Gasteiger partial charge on any atom is -0.507 e. The molecule has 0 saturated carbocycles. The lowest BCUT2D eigenvalue weighted by Crippen LogP contribution is -2.36. The number of benzene rings is 2. The molecule has 0 radical (unpaired) electrons. The van der Waals surface area contributed by atoms with Gasteiger partial charge in [-0.15, -0.1) is 0 Å². The maximum atomic E-state index is 13.4. The van der Waals surface area contributed by atoms with Crippen molar-refractivity contribution in [2.24, 2.45) is 13.0 Å². The number of hydrogen-bond donors (Lipinski definition) is 1. The van der Waals surface area contributed by atoms with E-state index in [1.165, 1.54) is 0 Å². The number of ketones is 1. The van der Waals surface area contributed by atoms with Gasteiger partial charge in [-0.1, -0.05) is 18.2 Å². The van der Waals surface area contributed by atoms with Crippen LogP contribution in [0.2, 0.25) is 0 Å². The zero-order chi connectivity index (χ0) is 24.7. The third kappa shape index (κ3) is 4.21. The molecule has 1 fully saturated rings. The summed E-state index contributed by atoms with van der Waals surface area (Å²) in [6, 6.07) is 9.66. The molecule has 2 aromatic carbocycles. The van der Waals surface area contributed by atoms with Gasteiger partial charge < -0.3 is 19.1 Å². The van der Waals surface area contributed by atoms with Crippen LogP contribution in [0.5, 0.6) is 11.5 Å². The lowest BCUT2D eigenvalue weighted by molar-refractivity contribution is -0.149. The molecular formula is C28H30N2O5. The molecule has 0 aliphatic carbocycles. The van der Waals surface area contributed by atoms with Crippen molar-refractivity contribution in [1.82, 2.24) is 9.47 Å². The molecule has 1 aromatic heterocycles. The third-order valence-electron chi connectivity index (χ3n) is 7.02. The Morgan fingerprint density at radius 2 is 2.00 bits per heavy atom. The Bertz CT molecular complexity index is 1350. The van der Waals surface area contributed by atoms with Gasteiger partial charge in [0.15, 0.2) is 5.76 Å². The Morgan fingerprint density at radius 3 is 2.74 bits per heavy atom. The smallest absolute Gasteiger partial charge is 0.309 e. The van der Waals surface area contributed by atoms with E-state index < -0.39 is 0 Å². The first-order valence-electron chi connectivity index (χ1n) is 12.1. The quantitative estimate of drug-likeness (QED) is 0.431. The molecule has 0 bridgehead atoms. The molecule has 7 nitrogen and oxygen atoms in total. The summed E-state index contributed by atoms with van der Waals surface area (Å²) in [5.74, 6) is 0.416. The number of phenols is 1. The van der Waals surface area contributed by atoms with Crippen molar-refractivity contribution in [3.63, 3.8) is 0 Å². The van der Waals surface area contributed by atoms with Crippen LogP contribution in [-0.4, -0.2) is 46.0 Å². The number of hydrogen-bond acceptors (Lipinski definition) is 6. The van der Waals surface area contributed by atoms with Gasteiger partial charge in [-0.25, -0.2) is 0 Å². The van der Waals surface area contributed by atoms with Crippen molar-refractivity contribution in [2.75, 3.05) is 19.7 Å². The predicted octanol–water partition coefficient (Wildman–Crippen LogP) is 4.58. The van der Waals surface area contributed by atoms with E-state index in [9.17, 15) is 14.7 Å². The standard InChI is InChI=1S/C28H30N2O5/c1-4-34-28(33)18-9-11-30(12-10-18)16-21-23(31)13-17(2)25-26(32)24(35-27(21)25)14-19-15-29(3)22-8-6-5-7-20(19)22/h5-8,13-15,18,31H,4,9-12,16H2,1-3H3/b24-14+. The number of likely N-dealkylation sites (tertiary alicyclic amines) is 1. The summed E-state index contributed by atoms with van der Waals surface area (Å²) >= 11 is 0. The summed E-state index contributed by atoms with van der Waals surface area (Å²) in [5, 5.41) is 11.8. The zero-order valence-electron chi connectivity index (χ0n) is 20.3. The fraction of sp³-hybridized carbons (Fsp3) is 0.357. The largest absolute Gasteiger partial charge is 0.507 e.